The second kappa shape index (κ2) is 7.23. The zero-order valence-corrected chi connectivity index (χ0v) is 13.9. The monoisotopic (exact) mass is 334 g/mol. The normalized spacial score (nSPS) is 10.6. The lowest BCUT2D eigenvalue weighted by Crippen LogP contribution is -2.12. The van der Waals surface area contributed by atoms with Crippen molar-refractivity contribution in [1.29, 1.82) is 0 Å². The molecule has 0 spiro atoms. The molecule has 23 heavy (non-hydrogen) atoms. The van der Waals surface area contributed by atoms with E-state index in [4.69, 9.17) is 9.84 Å². The SMILES string of the molecule is Cc1cc(OCC(=O)O)ccc1NC(=O)c1cnc(C(C)C)s1. The number of rotatable bonds is 6. The molecule has 7 heteroatoms. The summed E-state index contributed by atoms with van der Waals surface area (Å²) in [7, 11) is 0. The quantitative estimate of drug-likeness (QED) is 0.846. The molecule has 2 N–H and O–H groups in total. The highest BCUT2D eigenvalue weighted by atomic mass is 32.1. The van der Waals surface area contributed by atoms with Crippen LogP contribution in [0.15, 0.2) is 24.4 Å². The lowest BCUT2D eigenvalue weighted by Gasteiger charge is -2.10. The van der Waals surface area contributed by atoms with E-state index in [1.54, 1.807) is 24.4 Å². The summed E-state index contributed by atoms with van der Waals surface area (Å²) in [5, 5.41) is 12.3. The highest BCUT2D eigenvalue weighted by Gasteiger charge is 2.13. The summed E-state index contributed by atoms with van der Waals surface area (Å²) < 4.78 is 5.10. The van der Waals surface area contributed by atoms with Crippen molar-refractivity contribution in [3.63, 3.8) is 0 Å². The summed E-state index contributed by atoms with van der Waals surface area (Å²) in [6.45, 7) is 5.47. The van der Waals surface area contributed by atoms with Crippen LogP contribution in [0.2, 0.25) is 0 Å². The van der Waals surface area contributed by atoms with Gasteiger partial charge in [0.15, 0.2) is 6.61 Å². The first-order valence-corrected chi connectivity index (χ1v) is 7.90. The number of carboxylic acid groups (broad SMARTS) is 1. The van der Waals surface area contributed by atoms with Crippen LogP contribution in [0.5, 0.6) is 5.75 Å². The summed E-state index contributed by atoms with van der Waals surface area (Å²) in [4.78, 5) is 27.5. The summed E-state index contributed by atoms with van der Waals surface area (Å²) in [6.07, 6.45) is 1.58. The molecule has 6 nitrogen and oxygen atoms in total. The molecule has 0 saturated carbocycles. The van der Waals surface area contributed by atoms with Crippen LogP contribution in [-0.4, -0.2) is 28.6 Å². The fourth-order valence-corrected chi connectivity index (χ4v) is 2.67. The second-order valence-electron chi connectivity index (χ2n) is 5.33. The third-order valence-electron chi connectivity index (χ3n) is 3.05. The van der Waals surface area contributed by atoms with E-state index in [1.807, 2.05) is 20.8 Å². The van der Waals surface area contributed by atoms with E-state index in [0.29, 0.717) is 16.3 Å². The Morgan fingerprint density at radius 3 is 2.70 bits per heavy atom. The number of amides is 1. The van der Waals surface area contributed by atoms with E-state index in [2.05, 4.69) is 10.3 Å². The molecule has 1 aromatic heterocycles. The van der Waals surface area contributed by atoms with Gasteiger partial charge in [-0.2, -0.15) is 0 Å². The number of nitrogens with zero attached hydrogens (tertiary/aromatic N) is 1. The maximum absolute atomic E-state index is 12.3. The average molecular weight is 334 g/mol. The number of hydrogen-bond donors (Lipinski definition) is 2. The number of thiazole rings is 1. The van der Waals surface area contributed by atoms with Crippen LogP contribution in [0.1, 0.15) is 40.0 Å². The van der Waals surface area contributed by atoms with Crippen molar-refractivity contribution >= 4 is 28.9 Å². The van der Waals surface area contributed by atoms with Gasteiger partial charge in [0.25, 0.3) is 5.91 Å². The average Bonchev–Trinajstić information content (AvgIpc) is 2.97. The van der Waals surface area contributed by atoms with Gasteiger partial charge < -0.3 is 15.2 Å². The Hall–Kier alpha value is -2.41. The summed E-state index contributed by atoms with van der Waals surface area (Å²) in [6, 6.07) is 5.00. The highest BCUT2D eigenvalue weighted by Crippen LogP contribution is 2.24. The van der Waals surface area contributed by atoms with Crippen LogP contribution in [0, 0.1) is 6.92 Å². The molecule has 2 aromatic rings. The number of aryl methyl sites for hydroxylation is 1. The predicted molar refractivity (Wildman–Crippen MR) is 88.5 cm³/mol. The number of nitrogens with one attached hydrogen (secondary N) is 1. The molecule has 0 atom stereocenters. The highest BCUT2D eigenvalue weighted by molar-refractivity contribution is 7.13. The topological polar surface area (TPSA) is 88.5 Å². The van der Waals surface area contributed by atoms with Crippen molar-refractivity contribution in [1.82, 2.24) is 4.98 Å². The van der Waals surface area contributed by atoms with Gasteiger partial charge in [-0.1, -0.05) is 13.8 Å². The van der Waals surface area contributed by atoms with Crippen molar-refractivity contribution in [3.05, 3.63) is 39.8 Å². The Morgan fingerprint density at radius 2 is 2.13 bits per heavy atom. The molecular formula is C16H18N2O4S. The molecule has 0 saturated heterocycles. The fourth-order valence-electron chi connectivity index (χ4n) is 1.85. The van der Waals surface area contributed by atoms with Gasteiger partial charge in [0.2, 0.25) is 0 Å². The van der Waals surface area contributed by atoms with Gasteiger partial charge in [0.05, 0.1) is 11.2 Å². The van der Waals surface area contributed by atoms with Crippen molar-refractivity contribution in [2.24, 2.45) is 0 Å². The molecule has 0 aliphatic carbocycles. The minimum atomic E-state index is -1.04. The summed E-state index contributed by atoms with van der Waals surface area (Å²) >= 11 is 1.38. The second-order valence-corrected chi connectivity index (χ2v) is 6.39. The number of hydrogen-bond acceptors (Lipinski definition) is 5. The molecular weight excluding hydrogens is 316 g/mol. The number of benzene rings is 1. The van der Waals surface area contributed by atoms with Gasteiger partial charge in [-0.15, -0.1) is 11.3 Å². The van der Waals surface area contributed by atoms with Crippen LogP contribution < -0.4 is 10.1 Å². The number of aromatic nitrogens is 1. The molecule has 2 rings (SSSR count). The van der Waals surface area contributed by atoms with Crippen LogP contribution >= 0.6 is 11.3 Å². The smallest absolute Gasteiger partial charge is 0.341 e. The lowest BCUT2D eigenvalue weighted by molar-refractivity contribution is -0.139. The summed E-state index contributed by atoms with van der Waals surface area (Å²) in [5.74, 6) is -0.514. The lowest BCUT2D eigenvalue weighted by atomic mass is 10.2. The molecule has 122 valence electrons. The van der Waals surface area contributed by atoms with Crippen LogP contribution in [0.4, 0.5) is 5.69 Å². The van der Waals surface area contributed by atoms with Gasteiger partial charge >= 0.3 is 5.97 Å². The minimum absolute atomic E-state index is 0.211. The first kappa shape index (κ1) is 17.0. The first-order chi connectivity index (χ1) is 10.9. The van der Waals surface area contributed by atoms with Gasteiger partial charge in [-0.05, 0) is 30.7 Å². The van der Waals surface area contributed by atoms with Crippen molar-refractivity contribution in [2.75, 3.05) is 11.9 Å². The van der Waals surface area contributed by atoms with Gasteiger partial charge in [0.1, 0.15) is 10.6 Å². The van der Waals surface area contributed by atoms with Crippen molar-refractivity contribution in [2.45, 2.75) is 26.7 Å². The molecule has 1 aromatic carbocycles. The van der Waals surface area contributed by atoms with Crippen molar-refractivity contribution in [3.8, 4) is 5.75 Å². The Kier molecular flexibility index (Phi) is 5.33. The first-order valence-electron chi connectivity index (χ1n) is 7.09. The minimum Gasteiger partial charge on any atom is -0.482 e. The maximum Gasteiger partial charge on any atom is 0.341 e. The van der Waals surface area contributed by atoms with Crippen molar-refractivity contribution < 1.29 is 19.4 Å². The number of carboxylic acids is 1. The summed E-state index contributed by atoms with van der Waals surface area (Å²) in [5.41, 5.74) is 1.44. The molecule has 0 bridgehead atoms. The number of aliphatic carboxylic acids is 1. The van der Waals surface area contributed by atoms with E-state index >= 15 is 0 Å². The van der Waals surface area contributed by atoms with E-state index in [9.17, 15) is 9.59 Å². The molecule has 0 aliphatic heterocycles. The van der Waals surface area contributed by atoms with Gasteiger partial charge in [-0.25, -0.2) is 9.78 Å². The molecule has 1 heterocycles. The Balaban J connectivity index is 2.06. The standard InChI is InChI=1S/C16H18N2O4S/c1-9(2)16-17-7-13(23-16)15(21)18-12-5-4-11(6-10(12)3)22-8-14(19)20/h4-7,9H,8H2,1-3H3,(H,18,21)(H,19,20). The Morgan fingerprint density at radius 1 is 1.39 bits per heavy atom. The van der Waals surface area contributed by atoms with Crippen LogP contribution in [0.3, 0.4) is 0 Å². The number of carbonyl (C=O) groups excluding carboxylic acids is 1. The molecule has 1 amide bonds. The van der Waals surface area contributed by atoms with Crippen LogP contribution in [0.25, 0.3) is 0 Å². The Bertz CT molecular complexity index is 725. The van der Waals surface area contributed by atoms with E-state index in [1.165, 1.54) is 11.3 Å². The molecule has 0 aliphatic rings. The number of ether oxygens (including phenoxy) is 1. The third kappa shape index (κ3) is 4.53. The Labute approximate surface area is 138 Å². The third-order valence-corrected chi connectivity index (χ3v) is 4.35. The van der Waals surface area contributed by atoms with E-state index in [-0.39, 0.29) is 11.8 Å². The number of anilines is 1. The zero-order valence-electron chi connectivity index (χ0n) is 13.1. The molecule has 0 fully saturated rings. The van der Waals surface area contributed by atoms with E-state index < -0.39 is 12.6 Å². The molecule has 0 radical (unpaired) electrons. The van der Waals surface area contributed by atoms with Gasteiger partial charge in [0, 0.05) is 11.6 Å². The predicted octanol–water partition coefficient (Wildman–Crippen LogP) is 3.29. The fraction of sp³-hybridized carbons (Fsp3) is 0.312. The van der Waals surface area contributed by atoms with E-state index in [0.717, 1.165) is 10.6 Å². The maximum atomic E-state index is 12.3. The van der Waals surface area contributed by atoms with Gasteiger partial charge in [-0.3, -0.25) is 4.79 Å². The zero-order chi connectivity index (χ0) is 17.0. The number of carbonyl (C=O) groups is 2. The largest absolute Gasteiger partial charge is 0.482 e. The molecule has 0 unspecified atom stereocenters. The van der Waals surface area contributed by atoms with Crippen LogP contribution in [-0.2, 0) is 4.79 Å².